The van der Waals surface area contributed by atoms with Crippen molar-refractivity contribution in [3.05, 3.63) is 65.7 Å². The van der Waals surface area contributed by atoms with Crippen molar-refractivity contribution in [3.8, 4) is 5.75 Å². The summed E-state index contributed by atoms with van der Waals surface area (Å²) in [5.41, 5.74) is 1.13. The Morgan fingerprint density at radius 2 is 1.71 bits per heavy atom. The third-order valence-corrected chi connectivity index (χ3v) is 3.63. The molecule has 2 aromatic carbocycles. The molecule has 0 amide bonds. The zero-order valence-electron chi connectivity index (χ0n) is 12.4. The molecule has 0 saturated carbocycles. The van der Waals surface area contributed by atoms with E-state index in [1.54, 1.807) is 31.2 Å². The molecule has 0 aliphatic heterocycles. The van der Waals surface area contributed by atoms with Crippen molar-refractivity contribution in [1.82, 2.24) is 0 Å². The maximum absolute atomic E-state index is 12.5. The number of rotatable bonds is 5. The number of hydrogen-bond acceptors (Lipinski definition) is 3. The average molecular weight is 284 g/mol. The Kier molecular flexibility index (Phi) is 4.63. The molecule has 110 valence electrons. The topological polar surface area (TPSA) is 46.5 Å². The maximum atomic E-state index is 12.5. The van der Waals surface area contributed by atoms with Gasteiger partial charge in [-0.1, -0.05) is 42.5 Å². The number of aromatic hydroxyl groups is 1. The van der Waals surface area contributed by atoms with Crippen LogP contribution in [0, 0.1) is 0 Å². The van der Waals surface area contributed by atoms with Crippen LogP contribution in [0.2, 0.25) is 0 Å². The van der Waals surface area contributed by atoms with Crippen LogP contribution >= 0.6 is 0 Å². The summed E-state index contributed by atoms with van der Waals surface area (Å²) in [7, 11) is 0. The van der Waals surface area contributed by atoms with Gasteiger partial charge in [-0.05, 0) is 43.5 Å². The molecular weight excluding hydrogens is 264 g/mol. The SMILES string of the molecule is CCOC(=O)C(C)(Cc1ccccc1)c1ccc(O)cc1. The van der Waals surface area contributed by atoms with Gasteiger partial charge in [0.15, 0.2) is 0 Å². The summed E-state index contributed by atoms with van der Waals surface area (Å²) in [6, 6.07) is 16.6. The molecule has 0 radical (unpaired) electrons. The molecule has 0 heterocycles. The summed E-state index contributed by atoms with van der Waals surface area (Å²) in [5.74, 6) is -0.0655. The van der Waals surface area contributed by atoms with Crippen molar-refractivity contribution in [1.29, 1.82) is 0 Å². The summed E-state index contributed by atoms with van der Waals surface area (Å²) < 4.78 is 5.26. The summed E-state index contributed by atoms with van der Waals surface area (Å²) in [4.78, 5) is 12.5. The molecular formula is C18H20O3. The molecule has 21 heavy (non-hydrogen) atoms. The molecule has 2 rings (SSSR count). The molecule has 0 saturated heterocycles. The van der Waals surface area contributed by atoms with Crippen LogP contribution < -0.4 is 0 Å². The molecule has 0 aliphatic rings. The lowest BCUT2D eigenvalue weighted by Crippen LogP contribution is -2.36. The van der Waals surface area contributed by atoms with E-state index >= 15 is 0 Å². The van der Waals surface area contributed by atoms with E-state index in [1.165, 1.54) is 0 Å². The summed E-state index contributed by atoms with van der Waals surface area (Å²) in [5, 5.41) is 9.44. The Morgan fingerprint density at radius 1 is 1.10 bits per heavy atom. The monoisotopic (exact) mass is 284 g/mol. The van der Waals surface area contributed by atoms with E-state index in [4.69, 9.17) is 4.74 Å². The lowest BCUT2D eigenvalue weighted by molar-refractivity contribution is -0.149. The minimum absolute atomic E-state index is 0.185. The first-order chi connectivity index (χ1) is 10.1. The van der Waals surface area contributed by atoms with Crippen LogP contribution in [0.3, 0.4) is 0 Å². The van der Waals surface area contributed by atoms with Crippen molar-refractivity contribution in [3.63, 3.8) is 0 Å². The van der Waals surface area contributed by atoms with Gasteiger partial charge in [-0.2, -0.15) is 0 Å². The highest BCUT2D eigenvalue weighted by Gasteiger charge is 2.36. The molecule has 1 N–H and O–H groups in total. The van der Waals surface area contributed by atoms with Crippen LogP contribution in [0.5, 0.6) is 5.75 Å². The Hall–Kier alpha value is -2.29. The highest BCUT2D eigenvalue weighted by Crippen LogP contribution is 2.31. The zero-order chi connectivity index (χ0) is 15.3. The molecule has 0 spiro atoms. The van der Waals surface area contributed by atoms with E-state index in [-0.39, 0.29) is 11.7 Å². The van der Waals surface area contributed by atoms with E-state index < -0.39 is 5.41 Å². The van der Waals surface area contributed by atoms with Crippen LogP contribution in [-0.4, -0.2) is 17.7 Å². The number of carbonyl (C=O) groups excluding carboxylic acids is 1. The second kappa shape index (κ2) is 6.44. The Balaban J connectivity index is 2.38. The molecule has 1 unspecified atom stereocenters. The Labute approximate surface area is 125 Å². The van der Waals surface area contributed by atoms with Crippen LogP contribution in [-0.2, 0) is 21.4 Å². The van der Waals surface area contributed by atoms with Gasteiger partial charge >= 0.3 is 5.97 Å². The van der Waals surface area contributed by atoms with Gasteiger partial charge in [0.05, 0.1) is 12.0 Å². The van der Waals surface area contributed by atoms with Gasteiger partial charge in [-0.15, -0.1) is 0 Å². The van der Waals surface area contributed by atoms with Gasteiger partial charge in [0.1, 0.15) is 5.75 Å². The number of ether oxygens (including phenoxy) is 1. The highest BCUT2D eigenvalue weighted by atomic mass is 16.5. The molecule has 0 fully saturated rings. The van der Waals surface area contributed by atoms with Crippen molar-refractivity contribution in [2.45, 2.75) is 25.7 Å². The second-order valence-electron chi connectivity index (χ2n) is 5.26. The normalized spacial score (nSPS) is 13.4. The molecule has 0 aromatic heterocycles. The lowest BCUT2D eigenvalue weighted by Gasteiger charge is -2.28. The van der Waals surface area contributed by atoms with Gasteiger partial charge in [0.2, 0.25) is 0 Å². The van der Waals surface area contributed by atoms with Crippen LogP contribution in [0.15, 0.2) is 54.6 Å². The largest absolute Gasteiger partial charge is 0.508 e. The molecule has 0 bridgehead atoms. The number of phenols is 1. The van der Waals surface area contributed by atoms with Crippen LogP contribution in [0.1, 0.15) is 25.0 Å². The average Bonchev–Trinajstić information content (AvgIpc) is 2.49. The van der Waals surface area contributed by atoms with E-state index in [0.29, 0.717) is 13.0 Å². The third-order valence-electron chi connectivity index (χ3n) is 3.63. The first-order valence-electron chi connectivity index (χ1n) is 7.07. The summed E-state index contributed by atoms with van der Waals surface area (Å²) in [6.07, 6.45) is 0.553. The Bertz CT molecular complexity index is 590. The number of carbonyl (C=O) groups is 1. The molecule has 3 nitrogen and oxygen atoms in total. The summed E-state index contributed by atoms with van der Waals surface area (Å²) in [6.45, 7) is 4.03. The van der Waals surface area contributed by atoms with Crippen LogP contribution in [0.25, 0.3) is 0 Å². The predicted molar refractivity (Wildman–Crippen MR) is 82.2 cm³/mol. The number of hydrogen-bond donors (Lipinski definition) is 1. The predicted octanol–water partition coefficient (Wildman–Crippen LogP) is 3.46. The number of esters is 1. The van der Waals surface area contributed by atoms with Gasteiger partial charge in [0, 0.05) is 0 Å². The van der Waals surface area contributed by atoms with Gasteiger partial charge in [0.25, 0.3) is 0 Å². The van der Waals surface area contributed by atoms with Crippen molar-refractivity contribution in [2.75, 3.05) is 6.61 Å². The first-order valence-corrected chi connectivity index (χ1v) is 7.07. The standard InChI is InChI=1S/C18H20O3/c1-3-21-17(20)18(2,13-14-7-5-4-6-8-14)15-9-11-16(19)12-10-15/h4-12,19H,3,13H2,1-2H3. The maximum Gasteiger partial charge on any atom is 0.316 e. The summed E-state index contributed by atoms with van der Waals surface area (Å²) >= 11 is 0. The third kappa shape index (κ3) is 3.43. The Morgan fingerprint density at radius 3 is 2.29 bits per heavy atom. The van der Waals surface area contributed by atoms with E-state index in [0.717, 1.165) is 11.1 Å². The lowest BCUT2D eigenvalue weighted by atomic mass is 9.77. The smallest absolute Gasteiger partial charge is 0.316 e. The quantitative estimate of drug-likeness (QED) is 0.855. The van der Waals surface area contributed by atoms with E-state index in [9.17, 15) is 9.90 Å². The fraction of sp³-hybridized carbons (Fsp3) is 0.278. The first kappa shape index (κ1) is 15.1. The fourth-order valence-electron chi connectivity index (χ4n) is 2.42. The van der Waals surface area contributed by atoms with Crippen molar-refractivity contribution in [2.24, 2.45) is 0 Å². The van der Waals surface area contributed by atoms with Gasteiger partial charge in [-0.3, -0.25) is 4.79 Å². The van der Waals surface area contributed by atoms with Gasteiger partial charge < -0.3 is 9.84 Å². The van der Waals surface area contributed by atoms with Gasteiger partial charge in [-0.25, -0.2) is 0 Å². The van der Waals surface area contributed by atoms with Crippen LogP contribution in [0.4, 0.5) is 0 Å². The minimum atomic E-state index is -0.773. The molecule has 3 heteroatoms. The van der Waals surface area contributed by atoms with Crippen molar-refractivity contribution >= 4 is 5.97 Å². The molecule has 2 aromatic rings. The molecule has 0 aliphatic carbocycles. The fourth-order valence-corrected chi connectivity index (χ4v) is 2.42. The minimum Gasteiger partial charge on any atom is -0.508 e. The van der Waals surface area contributed by atoms with Crippen molar-refractivity contribution < 1.29 is 14.6 Å². The molecule has 1 atom stereocenters. The highest BCUT2D eigenvalue weighted by molar-refractivity contribution is 5.83. The second-order valence-corrected chi connectivity index (χ2v) is 5.26. The zero-order valence-corrected chi connectivity index (χ0v) is 12.4. The van der Waals surface area contributed by atoms with E-state index in [1.807, 2.05) is 37.3 Å². The van der Waals surface area contributed by atoms with E-state index in [2.05, 4.69) is 0 Å². The number of benzene rings is 2. The number of phenolic OH excluding ortho intramolecular Hbond substituents is 1.